The van der Waals surface area contributed by atoms with E-state index in [9.17, 15) is 19.2 Å². The van der Waals surface area contributed by atoms with Crippen LogP contribution in [-0.4, -0.2) is 92.5 Å². The summed E-state index contributed by atoms with van der Waals surface area (Å²) in [6.07, 6.45) is 4.69. The van der Waals surface area contributed by atoms with Gasteiger partial charge in [0.1, 0.15) is 6.04 Å². The van der Waals surface area contributed by atoms with Crippen LogP contribution in [0.3, 0.4) is 0 Å². The third-order valence-electron chi connectivity index (χ3n) is 11.6. The van der Waals surface area contributed by atoms with E-state index in [0.717, 1.165) is 41.6 Å². The molecule has 1 atom stereocenters. The lowest BCUT2D eigenvalue weighted by Crippen LogP contribution is -2.52. The number of nitrogens with zero attached hydrogens (tertiary/aromatic N) is 7. The molecule has 2 fully saturated rings. The van der Waals surface area contributed by atoms with E-state index in [2.05, 4.69) is 25.3 Å². The first-order chi connectivity index (χ1) is 26.7. The first kappa shape index (κ1) is 35.1. The minimum absolute atomic E-state index is 0.126. The number of imide groups is 1. The largest absolute Gasteiger partial charge is 0.381 e. The zero-order valence-corrected chi connectivity index (χ0v) is 30.4. The Labute approximate surface area is 315 Å². The molecule has 0 saturated carbocycles. The van der Waals surface area contributed by atoms with Crippen LogP contribution in [0.2, 0.25) is 0 Å². The summed E-state index contributed by atoms with van der Waals surface area (Å²) in [6, 6.07) is 8.01. The highest BCUT2D eigenvalue weighted by molar-refractivity contribution is 6.05. The molecule has 9 rings (SSSR count). The summed E-state index contributed by atoms with van der Waals surface area (Å²) in [5.74, 6) is -0.424. The number of rotatable bonds is 6. The van der Waals surface area contributed by atoms with Crippen LogP contribution < -0.4 is 15.5 Å². The minimum Gasteiger partial charge on any atom is -0.381 e. The number of aromatic nitrogens is 4. The lowest BCUT2D eigenvalue weighted by atomic mass is 9.92. The van der Waals surface area contributed by atoms with E-state index < -0.39 is 18.4 Å². The average Bonchev–Trinajstić information content (AvgIpc) is 3.93. The molecule has 55 heavy (non-hydrogen) atoms. The van der Waals surface area contributed by atoms with E-state index in [4.69, 9.17) is 9.84 Å². The zero-order valence-electron chi connectivity index (χ0n) is 30.4. The summed E-state index contributed by atoms with van der Waals surface area (Å²) in [5.41, 5.74) is 6.16. The summed E-state index contributed by atoms with van der Waals surface area (Å²) in [4.78, 5) is 55.7. The van der Waals surface area contributed by atoms with Crippen molar-refractivity contribution in [1.29, 1.82) is 0 Å². The van der Waals surface area contributed by atoms with Gasteiger partial charge in [-0.05, 0) is 73.1 Å². The van der Waals surface area contributed by atoms with Gasteiger partial charge in [-0.2, -0.15) is 10.2 Å². The number of halogens is 2. The van der Waals surface area contributed by atoms with Gasteiger partial charge in [-0.1, -0.05) is 6.07 Å². The number of amides is 5. The summed E-state index contributed by atoms with van der Waals surface area (Å²) < 4.78 is 39.4. The second-order valence-corrected chi connectivity index (χ2v) is 14.8. The standard InChI is InChI=1S/C39H41F2N9O5/c1-42-39(54)46-12-8-31-30(21-46)36(45-50(31)25-9-13-55-14-10-25)47-11-2-3-22-15-27(29(35(40)41)17-33(22)47)24-18-43-49(20-24)26-5-4-23-19-48(38(53)28(23)16-26)32-6-7-34(51)44-37(32)52/h4-5,15-18,20,25,32,35H,2-3,6-14,19,21H2,1H3,(H,42,54)(H,44,51,52). The van der Waals surface area contributed by atoms with Crippen molar-refractivity contribution < 1.29 is 32.7 Å². The molecule has 0 radical (unpaired) electrons. The number of carbonyl (C=O) groups is 4. The Kier molecular flexibility index (Phi) is 8.86. The van der Waals surface area contributed by atoms with Gasteiger partial charge in [0.15, 0.2) is 5.82 Å². The van der Waals surface area contributed by atoms with E-state index in [1.165, 1.54) is 4.90 Å². The third kappa shape index (κ3) is 6.12. The number of ether oxygens (including phenoxy) is 1. The molecule has 16 heteroatoms. The number of fused-ring (bicyclic) bond motifs is 3. The third-order valence-corrected chi connectivity index (χ3v) is 11.6. The predicted molar refractivity (Wildman–Crippen MR) is 195 cm³/mol. The van der Waals surface area contributed by atoms with E-state index in [1.54, 1.807) is 47.2 Å². The molecule has 5 amide bonds. The van der Waals surface area contributed by atoms with Crippen molar-refractivity contribution in [1.82, 2.24) is 40.0 Å². The fourth-order valence-electron chi connectivity index (χ4n) is 8.80. The Bertz CT molecular complexity index is 2230. The van der Waals surface area contributed by atoms with Crippen molar-refractivity contribution >= 4 is 35.3 Å². The average molecular weight is 754 g/mol. The number of carbonyl (C=O) groups excluding carboxylic acids is 4. The number of hydrogen-bond acceptors (Lipinski definition) is 8. The molecule has 2 saturated heterocycles. The van der Waals surface area contributed by atoms with Crippen molar-refractivity contribution in [3.8, 4) is 16.8 Å². The molecule has 2 N–H and O–H groups in total. The van der Waals surface area contributed by atoms with Crippen LogP contribution in [0, 0.1) is 0 Å². The maximum absolute atomic E-state index is 15.1. The number of anilines is 2. The van der Waals surface area contributed by atoms with Crippen molar-refractivity contribution in [2.24, 2.45) is 0 Å². The lowest BCUT2D eigenvalue weighted by molar-refractivity contribution is -0.136. The fourth-order valence-corrected chi connectivity index (χ4v) is 8.80. The van der Waals surface area contributed by atoms with E-state index >= 15 is 8.78 Å². The van der Waals surface area contributed by atoms with Crippen LogP contribution in [0.4, 0.5) is 25.1 Å². The van der Waals surface area contributed by atoms with Crippen molar-refractivity contribution in [3.05, 3.63) is 76.2 Å². The molecule has 7 heterocycles. The predicted octanol–water partition coefficient (Wildman–Crippen LogP) is 4.57. The molecular formula is C39H41F2N9O5. The topological polar surface area (TPSA) is 147 Å². The van der Waals surface area contributed by atoms with Crippen LogP contribution in [0.5, 0.6) is 0 Å². The molecule has 14 nitrogen and oxygen atoms in total. The molecular weight excluding hydrogens is 712 g/mol. The summed E-state index contributed by atoms with van der Waals surface area (Å²) in [7, 11) is 1.62. The first-order valence-electron chi connectivity index (χ1n) is 18.9. The highest BCUT2D eigenvalue weighted by Gasteiger charge is 2.40. The number of alkyl halides is 2. The first-order valence-corrected chi connectivity index (χ1v) is 18.9. The Balaban J connectivity index is 1.04. The number of benzene rings is 2. The van der Waals surface area contributed by atoms with Crippen LogP contribution in [0.25, 0.3) is 16.8 Å². The van der Waals surface area contributed by atoms with Crippen LogP contribution in [0.1, 0.15) is 82.9 Å². The van der Waals surface area contributed by atoms with Crippen molar-refractivity contribution in [2.75, 3.05) is 38.3 Å². The molecule has 5 aliphatic heterocycles. The minimum atomic E-state index is -2.78. The number of nitrogens with one attached hydrogen (secondary N) is 2. The molecule has 2 aromatic heterocycles. The smallest absolute Gasteiger partial charge is 0.317 e. The van der Waals surface area contributed by atoms with E-state index in [-0.39, 0.29) is 48.8 Å². The van der Waals surface area contributed by atoms with Gasteiger partial charge in [0.25, 0.3) is 12.3 Å². The van der Waals surface area contributed by atoms with Crippen molar-refractivity contribution in [2.45, 2.75) is 76.5 Å². The van der Waals surface area contributed by atoms with E-state index in [0.29, 0.717) is 79.6 Å². The zero-order chi connectivity index (χ0) is 38.0. The molecule has 0 bridgehead atoms. The number of hydrogen-bond donors (Lipinski definition) is 2. The van der Waals surface area contributed by atoms with Crippen LogP contribution >= 0.6 is 0 Å². The number of piperidine rings is 1. The Morgan fingerprint density at radius 1 is 0.982 bits per heavy atom. The van der Waals surface area contributed by atoms with E-state index in [1.807, 2.05) is 12.1 Å². The van der Waals surface area contributed by atoms with Gasteiger partial charge >= 0.3 is 6.03 Å². The molecule has 2 aromatic carbocycles. The van der Waals surface area contributed by atoms with Gasteiger partial charge in [-0.3, -0.25) is 24.4 Å². The van der Waals surface area contributed by atoms with Crippen LogP contribution in [0.15, 0.2) is 42.7 Å². The SMILES string of the molecule is CNC(=O)N1CCc2c(c(N3CCCc4cc(-c5cnn(-c6ccc7c(c6)C(=O)N(C6CCC(=O)NC6=O)C7)c5)c(C(F)F)cc43)nn2C2CCOCC2)C1. The number of aryl methyl sites for hydroxylation is 1. The maximum Gasteiger partial charge on any atom is 0.317 e. The van der Waals surface area contributed by atoms with Gasteiger partial charge < -0.3 is 24.8 Å². The molecule has 0 spiro atoms. The molecule has 286 valence electrons. The Morgan fingerprint density at radius 3 is 2.60 bits per heavy atom. The van der Waals surface area contributed by atoms with Gasteiger partial charge in [-0.25, -0.2) is 18.3 Å². The number of urea groups is 1. The van der Waals surface area contributed by atoms with Crippen LogP contribution in [-0.2, 0) is 40.3 Å². The Hall–Kier alpha value is -5.64. The van der Waals surface area contributed by atoms with Crippen molar-refractivity contribution in [3.63, 3.8) is 0 Å². The molecule has 5 aliphatic rings. The van der Waals surface area contributed by atoms with Gasteiger partial charge in [0.05, 0.1) is 24.5 Å². The van der Waals surface area contributed by atoms with Gasteiger partial charge in [0.2, 0.25) is 11.8 Å². The summed E-state index contributed by atoms with van der Waals surface area (Å²) in [6.45, 7) is 3.09. The Morgan fingerprint density at radius 2 is 1.82 bits per heavy atom. The van der Waals surface area contributed by atoms with Gasteiger partial charge in [-0.15, -0.1) is 0 Å². The summed E-state index contributed by atoms with van der Waals surface area (Å²) in [5, 5.41) is 14.8. The highest BCUT2D eigenvalue weighted by atomic mass is 19.3. The molecule has 4 aromatic rings. The molecule has 1 unspecified atom stereocenters. The molecule has 0 aliphatic carbocycles. The van der Waals surface area contributed by atoms with Gasteiger partial charge in [0, 0.05) is 92.6 Å². The highest BCUT2D eigenvalue weighted by Crippen LogP contribution is 2.44. The second-order valence-electron chi connectivity index (χ2n) is 14.8. The monoisotopic (exact) mass is 753 g/mol. The summed E-state index contributed by atoms with van der Waals surface area (Å²) >= 11 is 0. The lowest BCUT2D eigenvalue weighted by Gasteiger charge is -2.33. The second kappa shape index (κ2) is 13.9. The fraction of sp³-hybridized carbons (Fsp3) is 0.436. The normalized spacial score (nSPS) is 20.1. The quantitative estimate of drug-likeness (QED) is 0.273. The maximum atomic E-state index is 15.1.